The molecule has 0 radical (unpaired) electrons. The Labute approximate surface area is 234 Å². The number of hydrogen-bond acceptors (Lipinski definition) is 4. The van der Waals surface area contributed by atoms with Crippen molar-refractivity contribution in [2.45, 2.75) is 19.4 Å². The fourth-order valence-corrected chi connectivity index (χ4v) is 4.97. The molecule has 1 amide bonds. The number of fused-ring (bicyclic) bond motifs is 2. The number of aromatic carboxylic acids is 1. The van der Waals surface area contributed by atoms with Crippen molar-refractivity contribution in [1.29, 1.82) is 0 Å². The molecule has 0 aliphatic heterocycles. The van der Waals surface area contributed by atoms with Crippen molar-refractivity contribution in [1.82, 2.24) is 19.9 Å². The number of benzene rings is 4. The van der Waals surface area contributed by atoms with Crippen LogP contribution >= 0.6 is 0 Å². The fourth-order valence-electron chi connectivity index (χ4n) is 4.97. The smallest absolute Gasteiger partial charge is 0.335 e. The number of carboxylic acids is 1. The van der Waals surface area contributed by atoms with Gasteiger partial charge in [-0.1, -0.05) is 66.7 Å². The Bertz CT molecular complexity index is 1910. The van der Waals surface area contributed by atoms with E-state index >= 15 is 0 Å². The quantitative estimate of drug-likeness (QED) is 0.240. The maximum atomic E-state index is 13.8. The summed E-state index contributed by atoms with van der Waals surface area (Å²) in [6, 6.07) is 29.9. The van der Waals surface area contributed by atoms with E-state index < -0.39 is 12.0 Å². The van der Waals surface area contributed by atoms with Crippen molar-refractivity contribution < 1.29 is 19.1 Å². The highest BCUT2D eigenvalue weighted by molar-refractivity contribution is 5.95. The van der Waals surface area contributed by atoms with Crippen LogP contribution in [0.25, 0.3) is 27.5 Å². The minimum absolute atomic E-state index is 0.170. The number of amides is 1. The first-order valence-electron chi connectivity index (χ1n) is 13.1. The average Bonchev–Trinajstić information content (AvgIpc) is 3.39. The Morgan fingerprint density at radius 3 is 2.32 bits per heavy atom. The summed E-state index contributed by atoms with van der Waals surface area (Å²) in [7, 11) is 0. The third-order valence-corrected chi connectivity index (χ3v) is 7.16. The molecule has 0 aliphatic rings. The summed E-state index contributed by atoms with van der Waals surface area (Å²) < 4.78 is 15.4. The number of carboxylic acid groups (broad SMARTS) is 1. The Balaban J connectivity index is 1.39. The fraction of sp³-hybridized carbons (Fsp3) is 0.0909. The van der Waals surface area contributed by atoms with Crippen LogP contribution in [0.15, 0.2) is 103 Å². The molecule has 1 atom stereocenters. The number of nitrogens with one attached hydrogen (secondary N) is 1. The summed E-state index contributed by atoms with van der Waals surface area (Å²) in [6.07, 6.45) is 0.453. The zero-order chi connectivity index (χ0) is 28.5. The molecule has 2 N–H and O–H groups in total. The van der Waals surface area contributed by atoms with Crippen LogP contribution in [0, 0.1) is 5.82 Å². The van der Waals surface area contributed by atoms with Crippen molar-refractivity contribution in [3.63, 3.8) is 0 Å². The molecule has 0 spiro atoms. The molecule has 2 heterocycles. The molecule has 0 saturated carbocycles. The van der Waals surface area contributed by atoms with Gasteiger partial charge < -0.3 is 10.4 Å². The predicted molar refractivity (Wildman–Crippen MR) is 154 cm³/mol. The third kappa shape index (κ3) is 5.27. The van der Waals surface area contributed by atoms with Crippen molar-refractivity contribution in [2.24, 2.45) is 0 Å². The van der Waals surface area contributed by atoms with Gasteiger partial charge in [0.1, 0.15) is 17.3 Å². The molecule has 0 aliphatic carbocycles. The lowest BCUT2D eigenvalue weighted by atomic mass is 10.0. The van der Waals surface area contributed by atoms with Crippen molar-refractivity contribution in [2.75, 3.05) is 0 Å². The van der Waals surface area contributed by atoms with Crippen LogP contribution < -0.4 is 5.32 Å². The Hall–Kier alpha value is -5.37. The molecule has 0 bridgehead atoms. The maximum absolute atomic E-state index is 13.8. The number of hydrogen-bond donors (Lipinski definition) is 2. The molecule has 7 nitrogen and oxygen atoms in total. The second-order valence-electron chi connectivity index (χ2n) is 9.93. The predicted octanol–water partition coefficient (Wildman–Crippen LogP) is 6.47. The highest BCUT2D eigenvalue weighted by Crippen LogP contribution is 2.26. The van der Waals surface area contributed by atoms with Crippen molar-refractivity contribution in [3.8, 4) is 11.1 Å². The number of aromatic nitrogens is 3. The van der Waals surface area contributed by atoms with Crippen LogP contribution in [-0.4, -0.2) is 31.6 Å². The summed E-state index contributed by atoms with van der Waals surface area (Å²) in [5.74, 6) is -1.12. The van der Waals surface area contributed by atoms with E-state index in [-0.39, 0.29) is 17.3 Å². The first-order valence-corrected chi connectivity index (χ1v) is 13.1. The molecular weight excluding hydrogens is 519 g/mol. The van der Waals surface area contributed by atoms with E-state index in [4.69, 9.17) is 0 Å². The van der Waals surface area contributed by atoms with Gasteiger partial charge in [0.15, 0.2) is 5.65 Å². The first-order chi connectivity index (χ1) is 19.9. The van der Waals surface area contributed by atoms with Gasteiger partial charge in [-0.2, -0.15) is 0 Å². The Kier molecular flexibility index (Phi) is 6.73. The van der Waals surface area contributed by atoms with E-state index in [1.807, 2.05) is 31.2 Å². The summed E-state index contributed by atoms with van der Waals surface area (Å²) in [6.45, 7) is 1.83. The number of halogens is 1. The summed E-state index contributed by atoms with van der Waals surface area (Å²) in [5.41, 5.74) is 4.21. The standard InChI is InChI=1S/C33H25FN4O3/c1-20(22-8-10-25(11-9-22)33(40)41)35-32(39)29-18-27(24-12-14-28(34)15-13-24)19-31-37-36-30(38(29)31)17-21-6-7-23-4-2-3-5-26(23)16-21/h2-16,18-20H,17H2,1H3,(H,35,39)(H,40,41)/t20-/m0/s1. The molecule has 0 fully saturated rings. The van der Waals surface area contributed by atoms with Gasteiger partial charge in [0, 0.05) is 6.42 Å². The topological polar surface area (TPSA) is 96.6 Å². The van der Waals surface area contributed by atoms with Gasteiger partial charge in [-0.3, -0.25) is 9.20 Å². The summed E-state index contributed by atoms with van der Waals surface area (Å²) in [4.78, 5) is 25.0. The summed E-state index contributed by atoms with van der Waals surface area (Å²) >= 11 is 0. The lowest BCUT2D eigenvalue weighted by Gasteiger charge is -2.17. The normalized spacial score (nSPS) is 12.0. The molecule has 6 aromatic rings. The van der Waals surface area contributed by atoms with E-state index in [0.29, 0.717) is 29.1 Å². The minimum atomic E-state index is -1.01. The van der Waals surface area contributed by atoms with Gasteiger partial charge in [-0.25, -0.2) is 9.18 Å². The van der Waals surface area contributed by atoms with Crippen LogP contribution in [0.1, 0.15) is 50.8 Å². The van der Waals surface area contributed by atoms with Gasteiger partial charge in [-0.05, 0) is 76.3 Å². The molecule has 6 rings (SSSR count). The third-order valence-electron chi connectivity index (χ3n) is 7.16. The van der Waals surface area contributed by atoms with Gasteiger partial charge in [0.2, 0.25) is 0 Å². The number of carbonyl (C=O) groups is 2. The lowest BCUT2D eigenvalue weighted by molar-refractivity contribution is 0.0696. The molecule has 8 heteroatoms. The van der Waals surface area contributed by atoms with Gasteiger partial charge >= 0.3 is 5.97 Å². The zero-order valence-electron chi connectivity index (χ0n) is 22.1. The molecule has 41 heavy (non-hydrogen) atoms. The largest absolute Gasteiger partial charge is 0.478 e. The SMILES string of the molecule is C[C@H](NC(=O)c1cc(-c2ccc(F)cc2)cc2nnc(Cc3ccc4ccccc4c3)n12)c1ccc(C(=O)O)cc1. The van der Waals surface area contributed by atoms with Crippen molar-refractivity contribution in [3.05, 3.63) is 137 Å². The monoisotopic (exact) mass is 544 g/mol. The van der Waals surface area contributed by atoms with Crippen molar-refractivity contribution >= 4 is 28.3 Å². The number of carbonyl (C=O) groups excluding carboxylic acids is 1. The number of rotatable bonds is 7. The molecule has 2 aromatic heterocycles. The van der Waals surface area contributed by atoms with Crippen LogP contribution in [0.5, 0.6) is 0 Å². The highest BCUT2D eigenvalue weighted by atomic mass is 19.1. The van der Waals surface area contributed by atoms with Gasteiger partial charge in [0.25, 0.3) is 5.91 Å². The van der Waals surface area contributed by atoms with Crippen LogP contribution in [0.3, 0.4) is 0 Å². The molecule has 202 valence electrons. The van der Waals surface area contributed by atoms with E-state index in [1.165, 1.54) is 24.3 Å². The number of nitrogens with zero attached hydrogens (tertiary/aromatic N) is 3. The first kappa shape index (κ1) is 25.9. The number of pyridine rings is 1. The highest BCUT2D eigenvalue weighted by Gasteiger charge is 2.20. The second kappa shape index (κ2) is 10.7. The lowest BCUT2D eigenvalue weighted by Crippen LogP contribution is -2.28. The van der Waals surface area contributed by atoms with E-state index in [9.17, 15) is 19.1 Å². The van der Waals surface area contributed by atoms with Gasteiger partial charge in [0.05, 0.1) is 11.6 Å². The maximum Gasteiger partial charge on any atom is 0.335 e. The molecule has 4 aromatic carbocycles. The summed E-state index contributed by atoms with van der Waals surface area (Å²) in [5, 5.41) is 23.3. The van der Waals surface area contributed by atoms with Gasteiger partial charge in [-0.15, -0.1) is 10.2 Å². The zero-order valence-corrected chi connectivity index (χ0v) is 22.1. The molecular formula is C33H25FN4O3. The van der Waals surface area contributed by atoms with Crippen LogP contribution in [0.2, 0.25) is 0 Å². The van der Waals surface area contributed by atoms with E-state index in [2.05, 4.69) is 39.8 Å². The minimum Gasteiger partial charge on any atom is -0.478 e. The Morgan fingerprint density at radius 1 is 0.854 bits per heavy atom. The average molecular weight is 545 g/mol. The van der Waals surface area contributed by atoms with Crippen LogP contribution in [-0.2, 0) is 6.42 Å². The van der Waals surface area contributed by atoms with E-state index in [0.717, 1.165) is 27.5 Å². The Morgan fingerprint density at radius 2 is 1.59 bits per heavy atom. The second-order valence-corrected chi connectivity index (χ2v) is 9.93. The van der Waals surface area contributed by atoms with E-state index in [1.54, 1.807) is 34.7 Å². The molecule has 0 saturated heterocycles. The molecule has 0 unspecified atom stereocenters. The van der Waals surface area contributed by atoms with Crippen LogP contribution in [0.4, 0.5) is 4.39 Å².